The average molecular weight is 1010 g/mol. The Kier molecular flexibility index (Phi) is 19.6. The second-order valence-corrected chi connectivity index (χ2v) is 17.2. The summed E-state index contributed by atoms with van der Waals surface area (Å²) in [5.41, 5.74) is 7.94. The molecule has 63 heavy (non-hydrogen) atoms. The third-order valence-electron chi connectivity index (χ3n) is 7.89. The smallest absolute Gasteiger partial charge is 0.414 e. The first-order chi connectivity index (χ1) is 30.7. The van der Waals surface area contributed by atoms with Crippen LogP contribution >= 0.6 is 47.7 Å². The number of benzene rings is 6. The molecule has 0 aliphatic rings. The molecule has 8 aromatic rings. The van der Waals surface area contributed by atoms with Crippen LogP contribution in [0.25, 0.3) is 0 Å². The number of anilines is 2. The Labute approximate surface area is 384 Å². The van der Waals surface area contributed by atoms with Crippen LogP contribution in [0.3, 0.4) is 0 Å². The molecule has 1 atom stereocenters. The van der Waals surface area contributed by atoms with Gasteiger partial charge in [-0.1, -0.05) is 109 Å². The Morgan fingerprint density at radius 2 is 0.937 bits per heavy atom. The summed E-state index contributed by atoms with van der Waals surface area (Å²) < 4.78 is 49.9. The molecule has 2 aromatic heterocycles. The summed E-state index contributed by atoms with van der Waals surface area (Å²) in [5, 5.41) is 3.30. The third kappa shape index (κ3) is 17.3. The van der Waals surface area contributed by atoms with E-state index in [4.69, 9.17) is 23.8 Å². The zero-order chi connectivity index (χ0) is 44.5. The number of pyridine rings is 2. The molecule has 6 aromatic carbocycles. The van der Waals surface area contributed by atoms with Crippen LogP contribution in [-0.4, -0.2) is 16.3 Å². The van der Waals surface area contributed by atoms with Gasteiger partial charge in [0.2, 0.25) is 0 Å². The highest BCUT2D eigenvalue weighted by molar-refractivity contribution is 9.10. The third-order valence-corrected chi connectivity index (χ3v) is 11.5. The summed E-state index contributed by atoms with van der Waals surface area (Å²) in [6.07, 6.45) is 3.96. The quantitative estimate of drug-likeness (QED) is 0.0645. The van der Waals surface area contributed by atoms with Gasteiger partial charge in [-0.3, -0.25) is 14.8 Å². The maximum absolute atomic E-state index is 14.4. The molecule has 0 aliphatic heterocycles. The Hall–Kier alpha value is -6.62. The summed E-state index contributed by atoms with van der Waals surface area (Å²) in [5.74, 6) is 1.08. The van der Waals surface area contributed by atoms with E-state index < -0.39 is 21.6 Å². The lowest BCUT2D eigenvalue weighted by molar-refractivity contribution is 0.111. The van der Waals surface area contributed by atoms with Crippen molar-refractivity contribution in [3.8, 4) is 23.0 Å². The highest BCUT2D eigenvalue weighted by atomic mass is 79.9. The number of hydrogen-bond acceptors (Lipinski definition) is 11. The largest absolute Gasteiger partial charge is 0.805 e. The molecule has 2 heterocycles. The van der Waals surface area contributed by atoms with E-state index in [1.54, 1.807) is 103 Å². The molecule has 0 spiro atoms. The predicted molar refractivity (Wildman–Crippen MR) is 256 cm³/mol. The minimum atomic E-state index is -3.86. The van der Waals surface area contributed by atoms with Crippen molar-refractivity contribution in [2.24, 2.45) is 0 Å². The summed E-state index contributed by atoms with van der Waals surface area (Å²) in [4.78, 5) is 18.3. The van der Waals surface area contributed by atoms with Crippen LogP contribution < -0.4 is 29.1 Å². The van der Waals surface area contributed by atoms with Crippen molar-refractivity contribution in [3.63, 3.8) is 0 Å². The summed E-state index contributed by atoms with van der Waals surface area (Å²) in [6, 6.07) is 61.9. The molecule has 0 saturated heterocycles. The van der Waals surface area contributed by atoms with Crippen LogP contribution in [-0.2, 0) is 9.13 Å². The van der Waals surface area contributed by atoms with Crippen molar-refractivity contribution in [1.82, 2.24) is 9.97 Å². The van der Waals surface area contributed by atoms with Crippen molar-refractivity contribution in [1.29, 1.82) is 0 Å². The van der Waals surface area contributed by atoms with E-state index in [2.05, 4.69) is 47.1 Å². The van der Waals surface area contributed by atoms with Crippen molar-refractivity contribution >= 4 is 65.4 Å². The topological polar surface area (TPSA) is 152 Å². The SMILES string of the molecule is Nc1ccccc1.O=Cc1ccc(Br)cn1.O=P(Oc1ccccc1)(Oc1ccccc1)C(Nc1ccccc1)c1ccc(Br)cn1.O=[P+](Oc1ccccc1)Oc1ccccc1. The fourth-order valence-corrected chi connectivity index (χ4v) is 7.96. The Morgan fingerprint density at radius 1 is 0.540 bits per heavy atom. The number of nitrogens with zero attached hydrogens (tertiary/aromatic N) is 2. The van der Waals surface area contributed by atoms with Gasteiger partial charge < -0.3 is 20.1 Å². The number of nitrogens with two attached hydrogens (primary N) is 1. The number of carbonyl (C=O) groups is 1. The van der Waals surface area contributed by atoms with Gasteiger partial charge in [0.05, 0.1) is 5.69 Å². The molecule has 11 nitrogen and oxygen atoms in total. The molecule has 0 saturated carbocycles. The van der Waals surface area contributed by atoms with Crippen LogP contribution in [0.5, 0.6) is 23.0 Å². The average Bonchev–Trinajstić information content (AvgIpc) is 3.31. The van der Waals surface area contributed by atoms with Gasteiger partial charge in [0.15, 0.2) is 23.6 Å². The molecule has 0 radical (unpaired) electrons. The van der Waals surface area contributed by atoms with E-state index in [-0.39, 0.29) is 0 Å². The van der Waals surface area contributed by atoms with Crippen LogP contribution in [0.2, 0.25) is 0 Å². The van der Waals surface area contributed by atoms with Gasteiger partial charge in [-0.05, 0) is 129 Å². The van der Waals surface area contributed by atoms with Crippen molar-refractivity contribution in [3.05, 3.63) is 239 Å². The van der Waals surface area contributed by atoms with E-state index in [9.17, 15) is 13.9 Å². The van der Waals surface area contributed by atoms with E-state index in [1.807, 2.05) is 115 Å². The maximum Gasteiger partial charge on any atom is 0.805 e. The monoisotopic (exact) mass is 1010 g/mol. The predicted octanol–water partition coefficient (Wildman–Crippen LogP) is 14.0. The number of nitrogens with one attached hydrogen (secondary N) is 1. The maximum atomic E-state index is 14.4. The number of para-hydroxylation sites is 6. The molecular formula is C48H41Br2N4O7P2+. The Morgan fingerprint density at radius 3 is 1.30 bits per heavy atom. The molecule has 0 aliphatic carbocycles. The lowest BCUT2D eigenvalue weighted by Gasteiger charge is -2.28. The second kappa shape index (κ2) is 26.0. The minimum Gasteiger partial charge on any atom is -0.414 e. The number of aromatic nitrogens is 2. The van der Waals surface area contributed by atoms with Gasteiger partial charge in [-0.2, -0.15) is 0 Å². The van der Waals surface area contributed by atoms with Crippen molar-refractivity contribution < 1.29 is 32.0 Å². The molecule has 0 amide bonds. The molecule has 3 N–H and O–H groups in total. The molecular weight excluding hydrogens is 966 g/mol. The number of rotatable bonds is 13. The molecule has 0 bridgehead atoms. The standard InChI is InChI=1S/C24H20BrN2O3P.C12H10O3P.C6H4BrNO.C6H7N/c25-19-16-17-23(26-18-19)24(27-20-10-4-1-5-11-20)31(28,29-21-12-6-2-7-13-21)30-22-14-8-3-9-15-22;13-16(14-11-7-3-1-4-8-11)15-12-9-5-2-6-10-12;7-5-1-2-6(4-9)8-3-5;7-6-4-2-1-3-5-6/h1-18,24,27H;1-10H;1-4H;1-5H,7H2/q;+1;;. The van der Waals surface area contributed by atoms with Crippen molar-refractivity contribution in [2.75, 3.05) is 11.1 Å². The van der Waals surface area contributed by atoms with Gasteiger partial charge in [0.25, 0.3) is 0 Å². The first-order valence-corrected chi connectivity index (χ1v) is 23.3. The summed E-state index contributed by atoms with van der Waals surface area (Å²) >= 11 is 6.60. The normalized spacial score (nSPS) is 10.6. The number of hydrogen-bond donors (Lipinski definition) is 2. The number of halogens is 2. The van der Waals surface area contributed by atoms with Gasteiger partial charge in [0, 0.05) is 37.3 Å². The van der Waals surface area contributed by atoms with E-state index in [0.717, 1.165) is 20.3 Å². The molecule has 8 rings (SSSR count). The Bertz CT molecular complexity index is 2490. The van der Waals surface area contributed by atoms with E-state index in [0.29, 0.717) is 40.7 Å². The van der Waals surface area contributed by atoms with Gasteiger partial charge >= 0.3 is 15.9 Å². The lowest BCUT2D eigenvalue weighted by atomic mass is 10.3. The van der Waals surface area contributed by atoms with Gasteiger partial charge in [-0.25, -0.2) is 13.6 Å². The van der Waals surface area contributed by atoms with Crippen LogP contribution in [0.4, 0.5) is 11.4 Å². The summed E-state index contributed by atoms with van der Waals surface area (Å²) in [6.45, 7) is 0. The van der Waals surface area contributed by atoms with Crippen LogP contribution in [0.15, 0.2) is 228 Å². The first kappa shape index (κ1) is 47.4. The van der Waals surface area contributed by atoms with Gasteiger partial charge in [0.1, 0.15) is 17.2 Å². The highest BCUT2D eigenvalue weighted by Gasteiger charge is 2.42. The Balaban J connectivity index is 0.000000192. The lowest BCUT2D eigenvalue weighted by Crippen LogP contribution is -2.19. The fourth-order valence-electron chi connectivity index (χ4n) is 5.00. The zero-order valence-electron chi connectivity index (χ0n) is 33.4. The number of nitrogen functional groups attached to an aromatic ring is 1. The highest BCUT2D eigenvalue weighted by Crippen LogP contribution is 2.59. The van der Waals surface area contributed by atoms with E-state index >= 15 is 0 Å². The first-order valence-electron chi connectivity index (χ1n) is 19.0. The summed E-state index contributed by atoms with van der Waals surface area (Å²) in [7, 11) is -6.05. The number of aldehydes is 1. The zero-order valence-corrected chi connectivity index (χ0v) is 38.4. The molecule has 0 fully saturated rings. The van der Waals surface area contributed by atoms with Gasteiger partial charge in [-0.15, -0.1) is 0 Å². The fraction of sp³-hybridized carbons (Fsp3) is 0.0208. The molecule has 15 heteroatoms. The van der Waals surface area contributed by atoms with E-state index in [1.165, 1.54) is 0 Å². The number of carbonyl (C=O) groups excluding carboxylic acids is 1. The van der Waals surface area contributed by atoms with Crippen LogP contribution in [0.1, 0.15) is 22.0 Å². The van der Waals surface area contributed by atoms with Crippen molar-refractivity contribution in [2.45, 2.75) is 5.78 Å². The molecule has 318 valence electrons. The minimum absolute atomic E-state index is 0.443. The second-order valence-electron chi connectivity index (χ2n) is 12.6. The molecule has 1 unspecified atom stereocenters. The van der Waals surface area contributed by atoms with Crippen LogP contribution in [0, 0.1) is 0 Å².